The van der Waals surface area contributed by atoms with Gasteiger partial charge in [-0.25, -0.2) is 13.1 Å². The number of hydrogen-bond acceptors (Lipinski definition) is 7. The summed E-state index contributed by atoms with van der Waals surface area (Å²) < 4.78 is 72.3. The molecule has 0 saturated heterocycles. The van der Waals surface area contributed by atoms with Crippen LogP contribution in [0.5, 0.6) is 5.75 Å². The fourth-order valence-electron chi connectivity index (χ4n) is 4.95. The summed E-state index contributed by atoms with van der Waals surface area (Å²) in [4.78, 5) is 25.7. The maximum absolute atomic E-state index is 13.4. The molecule has 0 saturated carbocycles. The molecule has 0 radical (unpaired) electrons. The van der Waals surface area contributed by atoms with Gasteiger partial charge >= 0.3 is 6.18 Å². The molecule has 1 aliphatic heterocycles. The van der Waals surface area contributed by atoms with E-state index in [1.54, 1.807) is 12.1 Å². The van der Waals surface area contributed by atoms with E-state index < -0.39 is 45.5 Å². The highest BCUT2D eigenvalue weighted by Crippen LogP contribution is 2.44. The van der Waals surface area contributed by atoms with E-state index in [0.29, 0.717) is 30.7 Å². The lowest BCUT2D eigenvalue weighted by Crippen LogP contribution is -2.49. The van der Waals surface area contributed by atoms with Gasteiger partial charge < -0.3 is 20.1 Å². The number of amides is 2. The summed E-state index contributed by atoms with van der Waals surface area (Å²) in [5.41, 5.74) is 1.67. The van der Waals surface area contributed by atoms with E-state index in [9.17, 15) is 31.2 Å². The van der Waals surface area contributed by atoms with Crippen molar-refractivity contribution in [3.05, 3.63) is 40.6 Å². The van der Waals surface area contributed by atoms with Crippen molar-refractivity contribution in [1.82, 2.24) is 15.1 Å². The molecule has 38 heavy (non-hydrogen) atoms. The minimum absolute atomic E-state index is 0.0593. The van der Waals surface area contributed by atoms with Gasteiger partial charge in [-0.1, -0.05) is 6.07 Å². The first-order chi connectivity index (χ1) is 17.8. The van der Waals surface area contributed by atoms with Crippen LogP contribution in [0.2, 0.25) is 0 Å². The third kappa shape index (κ3) is 6.29. The molecule has 0 fully saturated rings. The highest BCUT2D eigenvalue weighted by atomic mass is 32.2. The van der Waals surface area contributed by atoms with Crippen molar-refractivity contribution < 1.29 is 40.7 Å². The number of nitrogens with zero attached hydrogens (tertiary/aromatic N) is 2. The highest BCUT2D eigenvalue weighted by molar-refractivity contribution is 7.91. The second-order valence-electron chi connectivity index (χ2n) is 9.60. The van der Waals surface area contributed by atoms with Crippen molar-refractivity contribution in [3.63, 3.8) is 0 Å². The van der Waals surface area contributed by atoms with Crippen LogP contribution in [0.25, 0.3) is 0 Å². The average molecular weight is 559 g/mol. The Morgan fingerprint density at radius 2 is 2.05 bits per heavy atom. The summed E-state index contributed by atoms with van der Waals surface area (Å²) in [5, 5.41) is 10.2. The predicted octanol–water partition coefficient (Wildman–Crippen LogP) is 2.36. The lowest BCUT2D eigenvalue weighted by Gasteiger charge is -2.35. The van der Waals surface area contributed by atoms with Crippen LogP contribution in [0.1, 0.15) is 46.4 Å². The third-order valence-corrected chi connectivity index (χ3v) is 7.31. The quantitative estimate of drug-likeness (QED) is 0.429. The average Bonchev–Trinajstić information content (AvgIpc) is 3.31. The van der Waals surface area contributed by atoms with Crippen molar-refractivity contribution in [2.75, 3.05) is 37.6 Å². The van der Waals surface area contributed by atoms with Gasteiger partial charge in [-0.2, -0.15) is 18.3 Å². The summed E-state index contributed by atoms with van der Waals surface area (Å²) in [6, 6.07) is 5.27. The van der Waals surface area contributed by atoms with Gasteiger partial charge in [0.1, 0.15) is 22.9 Å². The molecule has 208 valence electrons. The standard InChI is InChI=1S/C24H29F3N4O6S/c1-36-11-9-31-21(28-19(32)14-38(2,34)35)20-18(30-31)13-23(29-22(20)33)8-6-15-12-16(4-5-17(15)23)37-10-3-7-24(25,26)27/h4-5,12H,3,6-11,13-14H2,1-2H3,(H,28,32)(H,29,33)/t23-/m0/s1. The normalized spacial score (nSPS) is 18.7. The summed E-state index contributed by atoms with van der Waals surface area (Å²) in [7, 11) is -2.09. The highest BCUT2D eigenvalue weighted by Gasteiger charge is 2.46. The Hall–Kier alpha value is -3.13. The van der Waals surface area contributed by atoms with E-state index in [4.69, 9.17) is 9.47 Å². The Bertz CT molecular complexity index is 1340. The van der Waals surface area contributed by atoms with Gasteiger partial charge in [0.05, 0.1) is 31.0 Å². The predicted molar refractivity (Wildman–Crippen MR) is 131 cm³/mol. The van der Waals surface area contributed by atoms with Crippen LogP contribution in [0.4, 0.5) is 19.0 Å². The first-order valence-corrected chi connectivity index (χ1v) is 14.1. The largest absolute Gasteiger partial charge is 0.494 e. The van der Waals surface area contributed by atoms with Crippen LogP contribution in [-0.4, -0.2) is 68.5 Å². The van der Waals surface area contributed by atoms with Crippen molar-refractivity contribution in [2.24, 2.45) is 0 Å². The number of alkyl halides is 3. The zero-order valence-corrected chi connectivity index (χ0v) is 21.8. The molecular weight excluding hydrogens is 529 g/mol. The van der Waals surface area contributed by atoms with Crippen molar-refractivity contribution in [2.45, 2.75) is 50.4 Å². The first kappa shape index (κ1) is 27.9. The molecule has 1 aliphatic carbocycles. The Balaban J connectivity index is 1.56. The number of hydrogen-bond donors (Lipinski definition) is 2. The molecule has 2 heterocycles. The molecule has 0 bridgehead atoms. The SMILES string of the molecule is COCCn1nc2c(c1NC(=O)CS(C)(=O)=O)C(=O)N[C@@]1(CCc3cc(OCCCC(F)(F)F)ccc31)C2. The second kappa shape index (κ2) is 10.6. The number of benzene rings is 1. The maximum atomic E-state index is 13.4. The van der Waals surface area contributed by atoms with Crippen LogP contribution in [-0.2, 0) is 44.3 Å². The van der Waals surface area contributed by atoms with Crippen molar-refractivity contribution in [1.29, 1.82) is 0 Å². The maximum Gasteiger partial charge on any atom is 0.389 e. The van der Waals surface area contributed by atoms with Crippen LogP contribution in [0.15, 0.2) is 18.2 Å². The summed E-state index contributed by atoms with van der Waals surface area (Å²) in [6.45, 7) is 0.414. The summed E-state index contributed by atoms with van der Waals surface area (Å²) in [5.74, 6) is -1.40. The third-order valence-electron chi connectivity index (χ3n) is 6.52. The molecule has 1 spiro atoms. The molecule has 4 rings (SSSR count). The van der Waals surface area contributed by atoms with E-state index in [-0.39, 0.29) is 37.6 Å². The Morgan fingerprint density at radius 3 is 2.74 bits per heavy atom. The number of fused-ring (bicyclic) bond motifs is 3. The second-order valence-corrected chi connectivity index (χ2v) is 11.7. The van der Waals surface area contributed by atoms with Gasteiger partial charge in [0.15, 0.2) is 9.84 Å². The number of halogens is 3. The molecule has 2 aromatic rings. The summed E-state index contributed by atoms with van der Waals surface area (Å²) in [6.07, 6.45) is -2.81. The number of methoxy groups -OCH3 is 1. The van der Waals surface area contributed by atoms with E-state index in [2.05, 4.69) is 15.7 Å². The Labute approximate surface area is 217 Å². The fraction of sp³-hybridized carbons (Fsp3) is 0.542. The number of aryl methyl sites for hydroxylation is 1. The lowest BCUT2D eigenvalue weighted by atomic mass is 9.82. The number of carbonyl (C=O) groups is 2. The minimum atomic E-state index is -4.22. The van der Waals surface area contributed by atoms with Crippen molar-refractivity contribution in [3.8, 4) is 5.75 Å². The van der Waals surface area contributed by atoms with Crippen LogP contribution in [0, 0.1) is 0 Å². The first-order valence-electron chi connectivity index (χ1n) is 12.0. The zero-order valence-electron chi connectivity index (χ0n) is 21.0. The van der Waals surface area contributed by atoms with E-state index in [0.717, 1.165) is 17.4 Å². The Kier molecular flexibility index (Phi) is 7.75. The number of anilines is 1. The number of sulfone groups is 1. The number of carbonyl (C=O) groups excluding carboxylic acids is 2. The van der Waals surface area contributed by atoms with Gasteiger partial charge in [0, 0.05) is 26.2 Å². The minimum Gasteiger partial charge on any atom is -0.494 e. The molecule has 2 amide bonds. The van der Waals surface area contributed by atoms with Crippen LogP contribution in [0.3, 0.4) is 0 Å². The molecule has 2 aliphatic rings. The van der Waals surface area contributed by atoms with Gasteiger partial charge in [-0.3, -0.25) is 9.59 Å². The van der Waals surface area contributed by atoms with Gasteiger partial charge in [0.2, 0.25) is 5.91 Å². The van der Waals surface area contributed by atoms with Crippen molar-refractivity contribution >= 4 is 27.5 Å². The number of rotatable bonds is 10. The lowest BCUT2D eigenvalue weighted by molar-refractivity contribution is -0.136. The molecule has 1 aromatic carbocycles. The number of ether oxygens (including phenoxy) is 2. The van der Waals surface area contributed by atoms with Gasteiger partial charge in [-0.15, -0.1) is 0 Å². The van der Waals surface area contributed by atoms with Crippen LogP contribution >= 0.6 is 0 Å². The topological polar surface area (TPSA) is 129 Å². The molecule has 14 heteroatoms. The zero-order chi connectivity index (χ0) is 27.7. The molecule has 1 atom stereocenters. The molecule has 1 aromatic heterocycles. The smallest absolute Gasteiger partial charge is 0.389 e. The van der Waals surface area contributed by atoms with E-state index >= 15 is 0 Å². The Morgan fingerprint density at radius 1 is 1.29 bits per heavy atom. The molecule has 2 N–H and O–H groups in total. The monoisotopic (exact) mass is 558 g/mol. The summed E-state index contributed by atoms with van der Waals surface area (Å²) >= 11 is 0. The fourth-order valence-corrected chi connectivity index (χ4v) is 5.50. The van der Waals surface area contributed by atoms with Gasteiger partial charge in [0.25, 0.3) is 5.91 Å². The van der Waals surface area contributed by atoms with Gasteiger partial charge in [-0.05, 0) is 42.5 Å². The molecule has 0 unspecified atom stereocenters. The molecular formula is C24H29F3N4O6S. The van der Waals surface area contributed by atoms with E-state index in [1.807, 2.05) is 6.07 Å². The number of nitrogens with one attached hydrogen (secondary N) is 2. The van der Waals surface area contributed by atoms with E-state index in [1.165, 1.54) is 11.8 Å². The van der Waals surface area contributed by atoms with Crippen LogP contribution < -0.4 is 15.4 Å². The molecule has 10 nitrogen and oxygen atoms in total. The number of aromatic nitrogens is 2.